The van der Waals surface area contributed by atoms with Crippen LogP contribution in [0.1, 0.15) is 30.1 Å². The minimum Gasteiger partial charge on any atom is -0.348 e. The highest BCUT2D eigenvalue weighted by molar-refractivity contribution is 5.18. The van der Waals surface area contributed by atoms with Gasteiger partial charge in [0.05, 0.1) is 0 Å². The summed E-state index contributed by atoms with van der Waals surface area (Å²) in [6.07, 6.45) is 7.31. The molecule has 1 aromatic heterocycles. The molecule has 0 saturated carbocycles. The highest BCUT2D eigenvalue weighted by atomic mass is 15.0. The summed E-state index contributed by atoms with van der Waals surface area (Å²) in [7, 11) is 0. The van der Waals surface area contributed by atoms with Gasteiger partial charge in [0.1, 0.15) is 0 Å². The fourth-order valence-corrected chi connectivity index (χ4v) is 2.74. The Bertz CT molecular complexity index is 455. The van der Waals surface area contributed by atoms with E-state index < -0.39 is 0 Å². The molecule has 0 fully saturated rings. The molecule has 3 rings (SSSR count). The van der Waals surface area contributed by atoms with Gasteiger partial charge in [-0.25, -0.2) is 0 Å². The molecule has 1 aliphatic rings. The number of fused-ring (bicyclic) bond motifs is 1. The minimum absolute atomic E-state index is 0.668. The Morgan fingerprint density at radius 3 is 2.81 bits per heavy atom. The van der Waals surface area contributed by atoms with E-state index in [4.69, 9.17) is 0 Å². The first kappa shape index (κ1) is 9.71. The SMILES string of the molecule is c1ccc(C[C@H]2CCCc3cccn32)cc1. The number of hydrogen-bond donors (Lipinski definition) is 0. The zero-order chi connectivity index (χ0) is 10.8. The second-order valence-corrected chi connectivity index (χ2v) is 4.64. The molecule has 0 radical (unpaired) electrons. The second-order valence-electron chi connectivity index (χ2n) is 4.64. The van der Waals surface area contributed by atoms with E-state index in [-0.39, 0.29) is 0 Å². The Morgan fingerprint density at radius 1 is 1.06 bits per heavy atom. The molecule has 1 aromatic carbocycles. The molecule has 1 nitrogen and oxygen atoms in total. The molecule has 82 valence electrons. The van der Waals surface area contributed by atoms with Crippen LogP contribution in [0.5, 0.6) is 0 Å². The Balaban J connectivity index is 1.83. The first-order valence-electron chi connectivity index (χ1n) is 6.13. The number of aryl methyl sites for hydroxylation is 1. The standard InChI is InChI=1S/C15H17N/c1-2-6-13(7-3-1)12-15-9-4-8-14-10-5-11-16(14)15/h1-3,5-7,10-11,15H,4,8-9,12H2/t15-/m1/s1. The zero-order valence-electron chi connectivity index (χ0n) is 9.47. The highest BCUT2D eigenvalue weighted by Gasteiger charge is 2.18. The molecule has 0 N–H and O–H groups in total. The van der Waals surface area contributed by atoms with Crippen LogP contribution in [0.3, 0.4) is 0 Å². The van der Waals surface area contributed by atoms with Gasteiger partial charge in [0.25, 0.3) is 0 Å². The van der Waals surface area contributed by atoms with Crippen molar-refractivity contribution in [3.63, 3.8) is 0 Å². The van der Waals surface area contributed by atoms with Crippen molar-refractivity contribution in [1.82, 2.24) is 4.57 Å². The fraction of sp³-hybridized carbons (Fsp3) is 0.333. The minimum atomic E-state index is 0.668. The summed E-state index contributed by atoms with van der Waals surface area (Å²) in [4.78, 5) is 0. The van der Waals surface area contributed by atoms with Gasteiger partial charge in [-0.05, 0) is 43.4 Å². The summed E-state index contributed by atoms with van der Waals surface area (Å²) in [6, 6.07) is 15.9. The van der Waals surface area contributed by atoms with Crippen LogP contribution < -0.4 is 0 Å². The maximum atomic E-state index is 2.47. The van der Waals surface area contributed by atoms with Gasteiger partial charge in [-0.15, -0.1) is 0 Å². The molecule has 1 aliphatic heterocycles. The van der Waals surface area contributed by atoms with E-state index in [0.29, 0.717) is 6.04 Å². The molecule has 1 heteroatoms. The third-order valence-electron chi connectivity index (χ3n) is 3.54. The summed E-state index contributed by atoms with van der Waals surface area (Å²) in [5, 5.41) is 0. The van der Waals surface area contributed by atoms with E-state index >= 15 is 0 Å². The van der Waals surface area contributed by atoms with Gasteiger partial charge in [-0.1, -0.05) is 30.3 Å². The molecule has 0 spiro atoms. The maximum absolute atomic E-state index is 2.47. The van der Waals surface area contributed by atoms with Crippen LogP contribution >= 0.6 is 0 Å². The van der Waals surface area contributed by atoms with Crippen LogP contribution in [0.2, 0.25) is 0 Å². The molecule has 0 saturated heterocycles. The van der Waals surface area contributed by atoms with Gasteiger partial charge < -0.3 is 4.57 Å². The molecular weight excluding hydrogens is 194 g/mol. The lowest BCUT2D eigenvalue weighted by Crippen LogP contribution is -2.18. The van der Waals surface area contributed by atoms with Crippen LogP contribution in [-0.2, 0) is 12.8 Å². The summed E-state index contributed by atoms with van der Waals surface area (Å²) >= 11 is 0. The molecular formula is C15H17N. The summed E-state index contributed by atoms with van der Waals surface area (Å²) in [5.74, 6) is 0. The normalized spacial score (nSPS) is 19.4. The van der Waals surface area contributed by atoms with Crippen molar-refractivity contribution in [1.29, 1.82) is 0 Å². The van der Waals surface area contributed by atoms with E-state index in [2.05, 4.69) is 53.2 Å². The summed E-state index contributed by atoms with van der Waals surface area (Å²) in [5.41, 5.74) is 2.96. The molecule has 2 aromatic rings. The second kappa shape index (κ2) is 4.17. The largest absolute Gasteiger partial charge is 0.348 e. The van der Waals surface area contributed by atoms with Crippen molar-refractivity contribution in [2.45, 2.75) is 31.7 Å². The summed E-state index contributed by atoms with van der Waals surface area (Å²) in [6.45, 7) is 0. The number of nitrogens with zero attached hydrogens (tertiary/aromatic N) is 1. The summed E-state index contributed by atoms with van der Waals surface area (Å²) < 4.78 is 2.47. The first-order chi connectivity index (χ1) is 7.93. The van der Waals surface area contributed by atoms with E-state index in [1.807, 2.05) is 0 Å². The third kappa shape index (κ3) is 1.78. The Morgan fingerprint density at radius 2 is 1.94 bits per heavy atom. The van der Waals surface area contributed by atoms with Crippen molar-refractivity contribution in [3.8, 4) is 0 Å². The Labute approximate surface area is 96.7 Å². The lowest BCUT2D eigenvalue weighted by molar-refractivity contribution is 0.400. The number of aromatic nitrogens is 1. The molecule has 0 bridgehead atoms. The topological polar surface area (TPSA) is 4.93 Å². The van der Waals surface area contributed by atoms with Crippen molar-refractivity contribution in [3.05, 3.63) is 59.9 Å². The van der Waals surface area contributed by atoms with Crippen molar-refractivity contribution < 1.29 is 0 Å². The maximum Gasteiger partial charge on any atom is 0.0373 e. The lowest BCUT2D eigenvalue weighted by atomic mass is 9.97. The van der Waals surface area contributed by atoms with Gasteiger partial charge in [0.15, 0.2) is 0 Å². The third-order valence-corrected chi connectivity index (χ3v) is 3.54. The van der Waals surface area contributed by atoms with E-state index in [9.17, 15) is 0 Å². The van der Waals surface area contributed by atoms with Gasteiger partial charge in [-0.2, -0.15) is 0 Å². The van der Waals surface area contributed by atoms with Crippen LogP contribution in [0.15, 0.2) is 48.7 Å². The smallest absolute Gasteiger partial charge is 0.0373 e. The van der Waals surface area contributed by atoms with Crippen LogP contribution in [0.4, 0.5) is 0 Å². The van der Waals surface area contributed by atoms with Crippen LogP contribution in [-0.4, -0.2) is 4.57 Å². The molecule has 16 heavy (non-hydrogen) atoms. The van der Waals surface area contributed by atoms with Crippen LogP contribution in [0, 0.1) is 0 Å². The molecule has 2 heterocycles. The first-order valence-corrected chi connectivity index (χ1v) is 6.13. The van der Waals surface area contributed by atoms with E-state index in [1.165, 1.54) is 36.9 Å². The van der Waals surface area contributed by atoms with Crippen LogP contribution in [0.25, 0.3) is 0 Å². The zero-order valence-corrected chi connectivity index (χ0v) is 9.47. The van der Waals surface area contributed by atoms with E-state index in [1.54, 1.807) is 0 Å². The average Bonchev–Trinajstić information content (AvgIpc) is 2.80. The Kier molecular flexibility index (Phi) is 2.53. The predicted molar refractivity (Wildman–Crippen MR) is 66.6 cm³/mol. The molecule has 0 unspecified atom stereocenters. The van der Waals surface area contributed by atoms with Gasteiger partial charge in [0, 0.05) is 17.9 Å². The lowest BCUT2D eigenvalue weighted by Gasteiger charge is -2.26. The number of hydrogen-bond acceptors (Lipinski definition) is 0. The Hall–Kier alpha value is -1.50. The van der Waals surface area contributed by atoms with Gasteiger partial charge >= 0.3 is 0 Å². The fourth-order valence-electron chi connectivity index (χ4n) is 2.74. The molecule has 0 amide bonds. The van der Waals surface area contributed by atoms with Crippen molar-refractivity contribution in [2.75, 3.05) is 0 Å². The number of rotatable bonds is 2. The van der Waals surface area contributed by atoms with E-state index in [0.717, 1.165) is 0 Å². The predicted octanol–water partition coefficient (Wildman–Crippen LogP) is 3.61. The number of benzene rings is 1. The highest BCUT2D eigenvalue weighted by Crippen LogP contribution is 2.27. The average molecular weight is 211 g/mol. The molecule has 1 atom stereocenters. The van der Waals surface area contributed by atoms with Gasteiger partial charge in [-0.3, -0.25) is 0 Å². The van der Waals surface area contributed by atoms with Crippen molar-refractivity contribution >= 4 is 0 Å². The van der Waals surface area contributed by atoms with Gasteiger partial charge in [0.2, 0.25) is 0 Å². The molecule has 0 aliphatic carbocycles. The monoisotopic (exact) mass is 211 g/mol. The van der Waals surface area contributed by atoms with Crippen molar-refractivity contribution in [2.24, 2.45) is 0 Å². The quantitative estimate of drug-likeness (QED) is 0.715.